The summed E-state index contributed by atoms with van der Waals surface area (Å²) in [5.41, 5.74) is -0.734. The summed E-state index contributed by atoms with van der Waals surface area (Å²) in [4.78, 5) is 11.8. The molecule has 15 heavy (non-hydrogen) atoms. The maximum atomic E-state index is 11.8. The smallest absolute Gasteiger partial charge is 0.240 e. The van der Waals surface area contributed by atoms with Gasteiger partial charge in [0.1, 0.15) is 5.41 Å². The summed E-state index contributed by atoms with van der Waals surface area (Å²) in [6.45, 7) is 0.129. The third kappa shape index (κ3) is 1.84. The van der Waals surface area contributed by atoms with Crippen molar-refractivity contribution >= 4 is 5.91 Å². The minimum absolute atomic E-state index is 0.0772. The number of nitrogens with zero attached hydrogens (tertiary/aromatic N) is 1. The van der Waals surface area contributed by atoms with Crippen LogP contribution in [0.3, 0.4) is 0 Å². The summed E-state index contributed by atoms with van der Waals surface area (Å²) >= 11 is 0. The number of carbonyl (C=O) groups is 1. The lowest BCUT2D eigenvalue weighted by molar-refractivity contribution is -0.125. The number of rotatable bonds is 3. The molecule has 0 saturated heterocycles. The first-order valence-electron chi connectivity index (χ1n) is 5.55. The van der Waals surface area contributed by atoms with Gasteiger partial charge < -0.3 is 10.4 Å². The van der Waals surface area contributed by atoms with Crippen molar-refractivity contribution in [1.82, 2.24) is 5.32 Å². The first-order valence-corrected chi connectivity index (χ1v) is 5.55. The first kappa shape index (κ1) is 10.4. The highest BCUT2D eigenvalue weighted by Gasteiger charge is 2.51. The molecule has 0 heterocycles. The van der Waals surface area contributed by atoms with Crippen molar-refractivity contribution in [2.45, 2.75) is 38.1 Å². The molecular formula is C11H16N2O2. The second-order valence-corrected chi connectivity index (χ2v) is 4.65. The monoisotopic (exact) mass is 208 g/mol. The highest BCUT2D eigenvalue weighted by atomic mass is 16.3. The predicted molar refractivity (Wildman–Crippen MR) is 53.6 cm³/mol. The Kier molecular flexibility index (Phi) is 2.66. The number of hydrogen-bond acceptors (Lipinski definition) is 3. The Morgan fingerprint density at radius 1 is 1.53 bits per heavy atom. The van der Waals surface area contributed by atoms with Crippen LogP contribution in [0.15, 0.2) is 0 Å². The van der Waals surface area contributed by atoms with Gasteiger partial charge in [-0.25, -0.2) is 0 Å². The van der Waals surface area contributed by atoms with Gasteiger partial charge in [-0.1, -0.05) is 6.42 Å². The van der Waals surface area contributed by atoms with E-state index in [1.54, 1.807) is 0 Å². The Bertz CT molecular complexity index is 304. The number of amides is 1. The molecule has 0 aromatic rings. The minimum Gasteiger partial charge on any atom is -0.396 e. The molecule has 1 amide bonds. The fourth-order valence-electron chi connectivity index (χ4n) is 2.27. The van der Waals surface area contributed by atoms with Gasteiger partial charge in [-0.3, -0.25) is 4.79 Å². The molecule has 4 nitrogen and oxygen atoms in total. The third-order valence-electron chi connectivity index (χ3n) is 3.61. The molecule has 2 fully saturated rings. The zero-order valence-corrected chi connectivity index (χ0v) is 8.70. The number of nitriles is 1. The van der Waals surface area contributed by atoms with Crippen LogP contribution in [0, 0.1) is 22.7 Å². The second-order valence-electron chi connectivity index (χ2n) is 4.65. The second kappa shape index (κ2) is 3.82. The van der Waals surface area contributed by atoms with Crippen LogP contribution in [-0.2, 0) is 4.79 Å². The Balaban J connectivity index is 1.92. The summed E-state index contributed by atoms with van der Waals surface area (Å²) in [6, 6.07) is 2.16. The largest absolute Gasteiger partial charge is 0.396 e. The Hall–Kier alpha value is -1.08. The molecule has 2 atom stereocenters. The Morgan fingerprint density at radius 2 is 2.27 bits per heavy atom. The van der Waals surface area contributed by atoms with Gasteiger partial charge in [0.15, 0.2) is 0 Å². The molecule has 2 rings (SSSR count). The van der Waals surface area contributed by atoms with Gasteiger partial charge in [-0.15, -0.1) is 0 Å². The van der Waals surface area contributed by atoms with Gasteiger partial charge in [0, 0.05) is 18.6 Å². The molecule has 2 aliphatic rings. The average molecular weight is 208 g/mol. The molecule has 0 aromatic heterocycles. The van der Waals surface area contributed by atoms with E-state index in [4.69, 9.17) is 10.4 Å². The first-order chi connectivity index (χ1) is 7.22. The summed E-state index contributed by atoms with van der Waals surface area (Å²) in [6.07, 6.45) is 4.33. The topological polar surface area (TPSA) is 73.1 Å². The van der Waals surface area contributed by atoms with Crippen LogP contribution < -0.4 is 5.32 Å². The standard InChI is InChI=1S/C11H16N2O2/c12-7-11(4-5-11)10(15)13-9-3-1-2-8(9)6-14/h8-9,14H,1-6H2,(H,13,15). The quantitative estimate of drug-likeness (QED) is 0.712. The Labute approximate surface area is 89.3 Å². The molecular weight excluding hydrogens is 192 g/mol. The zero-order valence-electron chi connectivity index (χ0n) is 8.70. The molecule has 0 spiro atoms. The predicted octanol–water partition coefficient (Wildman–Crippen LogP) is 0.567. The molecule has 0 aromatic carbocycles. The molecule has 2 unspecified atom stereocenters. The van der Waals surface area contributed by atoms with Crippen LogP contribution in [0.2, 0.25) is 0 Å². The minimum atomic E-state index is -0.734. The normalized spacial score (nSPS) is 32.0. The SMILES string of the molecule is N#CC1(C(=O)NC2CCCC2CO)CC1. The van der Waals surface area contributed by atoms with Gasteiger partial charge in [-0.2, -0.15) is 5.26 Å². The highest BCUT2D eigenvalue weighted by molar-refractivity contribution is 5.88. The molecule has 0 aliphatic heterocycles. The fraction of sp³-hybridized carbons (Fsp3) is 0.818. The molecule has 2 N–H and O–H groups in total. The van der Waals surface area contributed by atoms with Crippen LogP contribution in [-0.4, -0.2) is 23.7 Å². The number of hydrogen-bond donors (Lipinski definition) is 2. The van der Waals surface area contributed by atoms with Crippen molar-refractivity contribution in [1.29, 1.82) is 5.26 Å². The van der Waals surface area contributed by atoms with E-state index in [1.807, 2.05) is 0 Å². The lowest BCUT2D eigenvalue weighted by Gasteiger charge is -2.20. The number of carbonyl (C=O) groups excluding carboxylic acids is 1. The molecule has 82 valence electrons. The lowest BCUT2D eigenvalue weighted by Crippen LogP contribution is -2.42. The van der Waals surface area contributed by atoms with E-state index >= 15 is 0 Å². The van der Waals surface area contributed by atoms with Gasteiger partial charge in [-0.05, 0) is 25.7 Å². The van der Waals surface area contributed by atoms with Crippen LogP contribution in [0.4, 0.5) is 0 Å². The van der Waals surface area contributed by atoms with E-state index in [9.17, 15) is 4.79 Å². The van der Waals surface area contributed by atoms with Crippen LogP contribution in [0.5, 0.6) is 0 Å². The van der Waals surface area contributed by atoms with Crippen molar-refractivity contribution in [2.75, 3.05) is 6.61 Å². The summed E-state index contributed by atoms with van der Waals surface area (Å²) < 4.78 is 0. The van der Waals surface area contributed by atoms with Crippen LogP contribution in [0.25, 0.3) is 0 Å². The number of nitrogens with one attached hydrogen (secondary N) is 1. The number of aliphatic hydroxyl groups excluding tert-OH is 1. The van der Waals surface area contributed by atoms with E-state index in [-0.39, 0.29) is 24.5 Å². The maximum Gasteiger partial charge on any atom is 0.240 e. The molecule has 4 heteroatoms. The van der Waals surface area contributed by atoms with E-state index in [2.05, 4.69) is 11.4 Å². The molecule has 0 bridgehead atoms. The van der Waals surface area contributed by atoms with Gasteiger partial charge in [0.2, 0.25) is 5.91 Å². The molecule has 2 saturated carbocycles. The van der Waals surface area contributed by atoms with Crippen molar-refractivity contribution in [3.8, 4) is 6.07 Å². The lowest BCUT2D eigenvalue weighted by atomic mass is 10.0. The molecule has 2 aliphatic carbocycles. The van der Waals surface area contributed by atoms with E-state index < -0.39 is 5.41 Å². The zero-order chi connectivity index (χ0) is 10.9. The van der Waals surface area contributed by atoms with Crippen molar-refractivity contribution in [3.05, 3.63) is 0 Å². The summed E-state index contributed by atoms with van der Waals surface area (Å²) in [5, 5.41) is 20.9. The Morgan fingerprint density at radius 3 is 2.80 bits per heavy atom. The fourth-order valence-corrected chi connectivity index (χ4v) is 2.27. The highest BCUT2D eigenvalue weighted by Crippen LogP contribution is 2.45. The van der Waals surface area contributed by atoms with Crippen molar-refractivity contribution in [3.63, 3.8) is 0 Å². The van der Waals surface area contributed by atoms with Crippen LogP contribution in [0.1, 0.15) is 32.1 Å². The molecule has 0 radical (unpaired) electrons. The third-order valence-corrected chi connectivity index (χ3v) is 3.61. The van der Waals surface area contributed by atoms with E-state index in [0.29, 0.717) is 12.8 Å². The van der Waals surface area contributed by atoms with Gasteiger partial charge in [0.25, 0.3) is 0 Å². The maximum absolute atomic E-state index is 11.8. The van der Waals surface area contributed by atoms with Crippen molar-refractivity contribution < 1.29 is 9.90 Å². The van der Waals surface area contributed by atoms with Gasteiger partial charge >= 0.3 is 0 Å². The van der Waals surface area contributed by atoms with E-state index in [1.165, 1.54) is 0 Å². The summed E-state index contributed by atoms with van der Waals surface area (Å²) in [5.74, 6) is 0.0544. The van der Waals surface area contributed by atoms with E-state index in [0.717, 1.165) is 19.3 Å². The summed E-state index contributed by atoms with van der Waals surface area (Å²) in [7, 11) is 0. The van der Waals surface area contributed by atoms with Crippen molar-refractivity contribution in [2.24, 2.45) is 11.3 Å². The number of aliphatic hydroxyl groups is 1. The average Bonchev–Trinajstić information content (AvgIpc) is 2.94. The van der Waals surface area contributed by atoms with Gasteiger partial charge in [0.05, 0.1) is 6.07 Å². The van der Waals surface area contributed by atoms with Crippen LogP contribution >= 0.6 is 0 Å².